The zero-order valence-electron chi connectivity index (χ0n) is 13.4. The number of hydrazone groups is 1. The number of nitro groups is 1. The van der Waals surface area contributed by atoms with Crippen LogP contribution in [0.2, 0.25) is 0 Å². The first-order valence-electron chi connectivity index (χ1n) is 7.23. The first-order chi connectivity index (χ1) is 11.5. The van der Waals surface area contributed by atoms with Gasteiger partial charge in [0.25, 0.3) is 5.69 Å². The summed E-state index contributed by atoms with van der Waals surface area (Å²) < 4.78 is 0. The average Bonchev–Trinajstić information content (AvgIpc) is 2.87. The lowest BCUT2D eigenvalue weighted by Crippen LogP contribution is -2.02. The molecule has 0 radical (unpaired) electrons. The number of aryl methyl sites for hydroxylation is 2. The number of non-ortho nitro benzene ring substituents is 1. The minimum Gasteiger partial charge on any atom is -0.260 e. The van der Waals surface area contributed by atoms with Crippen molar-refractivity contribution in [2.45, 2.75) is 20.8 Å². The van der Waals surface area contributed by atoms with Crippen molar-refractivity contribution in [1.29, 1.82) is 0 Å². The van der Waals surface area contributed by atoms with Crippen molar-refractivity contribution >= 4 is 38.8 Å². The Labute approximate surface area is 142 Å². The van der Waals surface area contributed by atoms with Crippen LogP contribution in [0.4, 0.5) is 11.5 Å². The van der Waals surface area contributed by atoms with Gasteiger partial charge in [-0.3, -0.25) is 15.5 Å². The van der Waals surface area contributed by atoms with E-state index in [9.17, 15) is 10.1 Å². The number of hydrogen-bond donors (Lipinski definition) is 1. The van der Waals surface area contributed by atoms with Crippen LogP contribution >= 0.6 is 11.3 Å². The van der Waals surface area contributed by atoms with Crippen LogP contribution in [0.25, 0.3) is 10.2 Å². The number of benzene rings is 1. The molecule has 0 saturated carbocycles. The number of fused-ring (bicyclic) bond motifs is 1. The van der Waals surface area contributed by atoms with Crippen molar-refractivity contribution < 1.29 is 4.92 Å². The van der Waals surface area contributed by atoms with Gasteiger partial charge in [-0.25, -0.2) is 9.97 Å². The van der Waals surface area contributed by atoms with Crippen LogP contribution < -0.4 is 5.43 Å². The highest BCUT2D eigenvalue weighted by molar-refractivity contribution is 7.18. The summed E-state index contributed by atoms with van der Waals surface area (Å²) in [5, 5.41) is 16.2. The van der Waals surface area contributed by atoms with Crippen LogP contribution in [0.15, 0.2) is 35.7 Å². The number of rotatable bonds is 4. The van der Waals surface area contributed by atoms with Gasteiger partial charge in [0.15, 0.2) is 5.82 Å². The molecular formula is C16H15N5O2S. The van der Waals surface area contributed by atoms with Gasteiger partial charge in [0.2, 0.25) is 0 Å². The number of nitro benzene ring substituents is 1. The Bertz CT molecular complexity index is 964. The van der Waals surface area contributed by atoms with Crippen LogP contribution in [-0.4, -0.2) is 20.6 Å². The van der Waals surface area contributed by atoms with Gasteiger partial charge in [-0.15, -0.1) is 11.3 Å². The van der Waals surface area contributed by atoms with E-state index >= 15 is 0 Å². The summed E-state index contributed by atoms with van der Waals surface area (Å²) >= 11 is 1.61. The van der Waals surface area contributed by atoms with E-state index in [0.29, 0.717) is 17.1 Å². The molecular weight excluding hydrogens is 326 g/mol. The maximum Gasteiger partial charge on any atom is 0.270 e. The molecule has 2 aromatic heterocycles. The largest absolute Gasteiger partial charge is 0.270 e. The van der Waals surface area contributed by atoms with Gasteiger partial charge in [-0.1, -0.05) is 12.1 Å². The molecule has 3 rings (SSSR count). The minimum atomic E-state index is -0.421. The minimum absolute atomic E-state index is 0.0378. The summed E-state index contributed by atoms with van der Waals surface area (Å²) in [6, 6.07) is 6.37. The number of anilines is 1. The predicted octanol–water partition coefficient (Wildman–Crippen LogP) is 4.05. The molecule has 0 fully saturated rings. The fraction of sp³-hybridized carbons (Fsp3) is 0.188. The molecule has 3 aromatic rings. The molecule has 0 spiro atoms. The number of thiophene rings is 1. The van der Waals surface area contributed by atoms with Crippen molar-refractivity contribution in [3.63, 3.8) is 0 Å². The van der Waals surface area contributed by atoms with E-state index in [4.69, 9.17) is 0 Å². The number of aromatic nitrogens is 2. The molecule has 24 heavy (non-hydrogen) atoms. The number of nitrogens with one attached hydrogen (secondary N) is 1. The zero-order valence-corrected chi connectivity index (χ0v) is 14.2. The van der Waals surface area contributed by atoms with Crippen molar-refractivity contribution in [1.82, 2.24) is 9.97 Å². The highest BCUT2D eigenvalue weighted by atomic mass is 32.1. The highest BCUT2D eigenvalue weighted by Gasteiger charge is 2.12. The van der Waals surface area contributed by atoms with Crippen molar-refractivity contribution in [2.75, 3.05) is 5.43 Å². The van der Waals surface area contributed by atoms with Gasteiger partial charge >= 0.3 is 0 Å². The third-order valence-corrected chi connectivity index (χ3v) is 4.88. The topological polar surface area (TPSA) is 93.3 Å². The quantitative estimate of drug-likeness (QED) is 0.439. The molecule has 0 aliphatic rings. The molecule has 2 heterocycles. The van der Waals surface area contributed by atoms with E-state index in [0.717, 1.165) is 15.8 Å². The third kappa shape index (κ3) is 2.95. The van der Waals surface area contributed by atoms with Gasteiger partial charge in [0.1, 0.15) is 11.2 Å². The lowest BCUT2D eigenvalue weighted by Gasteiger charge is -2.05. The second kappa shape index (κ2) is 6.32. The summed E-state index contributed by atoms with van der Waals surface area (Å²) in [4.78, 5) is 21.1. The third-order valence-electron chi connectivity index (χ3n) is 3.77. The summed E-state index contributed by atoms with van der Waals surface area (Å²) in [6.45, 7) is 5.86. The van der Waals surface area contributed by atoms with E-state index in [1.165, 1.54) is 23.3 Å². The average molecular weight is 341 g/mol. The Morgan fingerprint density at radius 3 is 2.88 bits per heavy atom. The molecule has 0 saturated heterocycles. The van der Waals surface area contributed by atoms with Gasteiger partial charge in [0.05, 0.1) is 16.0 Å². The van der Waals surface area contributed by atoms with Gasteiger partial charge in [-0.05, 0) is 26.3 Å². The van der Waals surface area contributed by atoms with Gasteiger partial charge in [0, 0.05) is 22.6 Å². The van der Waals surface area contributed by atoms with Crippen LogP contribution in [0.1, 0.15) is 22.9 Å². The smallest absolute Gasteiger partial charge is 0.260 e. The molecule has 0 atom stereocenters. The summed E-state index contributed by atoms with van der Waals surface area (Å²) in [6.07, 6.45) is 1.50. The molecule has 7 nitrogen and oxygen atoms in total. The van der Waals surface area contributed by atoms with Gasteiger partial charge < -0.3 is 0 Å². The Hall–Kier alpha value is -2.87. The standard InChI is InChI=1S/C16H15N5O2S/c1-9-11(3)24-16-14(9)15(17-8-18-16)20-19-10(2)12-5-4-6-13(7-12)21(22)23/h4-8H,1-3H3,(H,17,18,20)/b19-10-. The zero-order chi connectivity index (χ0) is 17.3. The molecule has 0 amide bonds. The lowest BCUT2D eigenvalue weighted by atomic mass is 10.1. The molecule has 1 aromatic carbocycles. The lowest BCUT2D eigenvalue weighted by molar-refractivity contribution is -0.384. The SMILES string of the molecule is C/C(=N/Nc1ncnc2sc(C)c(C)c12)c1cccc([N+](=O)[O-])c1. The maximum atomic E-state index is 10.9. The molecule has 8 heteroatoms. The first-order valence-corrected chi connectivity index (χ1v) is 8.05. The second-order valence-corrected chi connectivity index (χ2v) is 6.51. The molecule has 0 aliphatic carbocycles. The predicted molar refractivity (Wildman–Crippen MR) is 95.8 cm³/mol. The van der Waals surface area contributed by atoms with E-state index in [2.05, 4.69) is 20.5 Å². The van der Waals surface area contributed by atoms with Crippen molar-refractivity contribution in [3.8, 4) is 0 Å². The molecule has 1 N–H and O–H groups in total. The molecule has 0 bridgehead atoms. The molecule has 0 unspecified atom stereocenters. The number of nitrogens with zero attached hydrogens (tertiary/aromatic N) is 4. The molecule has 122 valence electrons. The first kappa shape index (κ1) is 16.0. The fourth-order valence-electron chi connectivity index (χ4n) is 2.31. The summed E-state index contributed by atoms with van der Waals surface area (Å²) in [5.41, 5.74) is 5.44. The van der Waals surface area contributed by atoms with E-state index < -0.39 is 4.92 Å². The van der Waals surface area contributed by atoms with Crippen molar-refractivity contribution in [2.24, 2.45) is 5.10 Å². The summed E-state index contributed by atoms with van der Waals surface area (Å²) in [7, 11) is 0. The van der Waals surface area contributed by atoms with E-state index in [1.807, 2.05) is 13.8 Å². The number of hydrogen-bond acceptors (Lipinski definition) is 7. The fourth-order valence-corrected chi connectivity index (χ4v) is 3.31. The van der Waals surface area contributed by atoms with Crippen LogP contribution in [-0.2, 0) is 0 Å². The van der Waals surface area contributed by atoms with Crippen molar-refractivity contribution in [3.05, 3.63) is 56.7 Å². The molecule has 0 aliphatic heterocycles. The van der Waals surface area contributed by atoms with E-state index in [-0.39, 0.29) is 5.69 Å². The Balaban J connectivity index is 1.93. The monoisotopic (exact) mass is 341 g/mol. The highest BCUT2D eigenvalue weighted by Crippen LogP contribution is 2.32. The van der Waals surface area contributed by atoms with Crippen LogP contribution in [0.3, 0.4) is 0 Å². The Morgan fingerprint density at radius 2 is 2.12 bits per heavy atom. The maximum absolute atomic E-state index is 10.9. The second-order valence-electron chi connectivity index (χ2n) is 5.30. The van der Waals surface area contributed by atoms with E-state index in [1.54, 1.807) is 30.4 Å². The Morgan fingerprint density at radius 1 is 1.33 bits per heavy atom. The Kier molecular flexibility index (Phi) is 4.22. The van der Waals surface area contributed by atoms with Gasteiger partial charge in [-0.2, -0.15) is 5.10 Å². The normalized spacial score (nSPS) is 11.7. The van der Waals surface area contributed by atoms with Crippen LogP contribution in [0.5, 0.6) is 0 Å². The van der Waals surface area contributed by atoms with Crippen LogP contribution in [0, 0.1) is 24.0 Å². The summed E-state index contributed by atoms with van der Waals surface area (Å²) in [5.74, 6) is 0.631.